The molecule has 1 saturated heterocycles. The molecule has 1 aliphatic heterocycles. The Morgan fingerprint density at radius 3 is 2.14 bits per heavy atom. The number of urea groups is 1. The van der Waals surface area contributed by atoms with Crippen molar-refractivity contribution in [1.29, 1.82) is 0 Å². The molecule has 1 radical (unpaired) electrons. The third kappa shape index (κ3) is 2.40. The molecule has 1 aliphatic carbocycles. The molecular formula is C11H19N2O. The van der Waals surface area contributed by atoms with Gasteiger partial charge in [-0.05, 0) is 32.1 Å². The van der Waals surface area contributed by atoms with Crippen LogP contribution >= 0.6 is 0 Å². The number of nitrogens with zero attached hydrogens (tertiary/aromatic N) is 2. The smallest absolute Gasteiger partial charge is 0.323 e. The van der Waals surface area contributed by atoms with Crippen LogP contribution in [0.4, 0.5) is 4.79 Å². The van der Waals surface area contributed by atoms with Crippen LogP contribution in [0.2, 0.25) is 0 Å². The molecule has 1 heterocycles. The predicted molar refractivity (Wildman–Crippen MR) is 55.2 cm³/mol. The van der Waals surface area contributed by atoms with E-state index >= 15 is 0 Å². The quantitative estimate of drug-likeness (QED) is 0.631. The number of hydrogen-bond donors (Lipinski definition) is 0. The lowest BCUT2D eigenvalue weighted by atomic mass is 9.93. The molecule has 0 N–H and O–H groups in total. The van der Waals surface area contributed by atoms with E-state index in [2.05, 4.69) is 5.32 Å². The Bertz CT molecular complexity index is 193. The molecule has 2 amide bonds. The van der Waals surface area contributed by atoms with Crippen LogP contribution in [0.1, 0.15) is 44.9 Å². The number of amides is 2. The van der Waals surface area contributed by atoms with Gasteiger partial charge in [0.1, 0.15) is 0 Å². The Kier molecular flexibility index (Phi) is 3.27. The van der Waals surface area contributed by atoms with Crippen molar-refractivity contribution >= 4 is 6.03 Å². The van der Waals surface area contributed by atoms with Crippen LogP contribution in [0.5, 0.6) is 0 Å². The summed E-state index contributed by atoms with van der Waals surface area (Å²) >= 11 is 0. The zero-order valence-electron chi connectivity index (χ0n) is 8.74. The summed E-state index contributed by atoms with van der Waals surface area (Å²) in [6, 6.07) is 0.405. The lowest BCUT2D eigenvalue weighted by Crippen LogP contribution is -2.42. The SMILES string of the molecule is O=C([N]C1CCC1)N1CCCCCC1. The Labute approximate surface area is 85.8 Å². The molecule has 14 heavy (non-hydrogen) atoms. The van der Waals surface area contributed by atoms with Crippen molar-refractivity contribution in [3.63, 3.8) is 0 Å². The maximum Gasteiger partial charge on any atom is 0.339 e. The lowest BCUT2D eigenvalue weighted by molar-refractivity contribution is 0.186. The molecule has 2 fully saturated rings. The van der Waals surface area contributed by atoms with Crippen molar-refractivity contribution in [2.45, 2.75) is 51.0 Å². The van der Waals surface area contributed by atoms with Crippen LogP contribution in [-0.2, 0) is 0 Å². The summed E-state index contributed by atoms with van der Waals surface area (Å²) in [6.45, 7) is 1.85. The summed E-state index contributed by atoms with van der Waals surface area (Å²) in [5.74, 6) is 0. The van der Waals surface area contributed by atoms with Gasteiger partial charge in [0.2, 0.25) is 0 Å². The van der Waals surface area contributed by atoms with Crippen LogP contribution in [0.25, 0.3) is 0 Å². The Hall–Kier alpha value is -0.730. The van der Waals surface area contributed by atoms with Gasteiger partial charge in [0, 0.05) is 13.1 Å². The summed E-state index contributed by atoms with van der Waals surface area (Å²) in [5.41, 5.74) is 0. The first-order chi connectivity index (χ1) is 6.86. The van der Waals surface area contributed by atoms with E-state index in [-0.39, 0.29) is 6.03 Å². The molecular weight excluding hydrogens is 176 g/mol. The summed E-state index contributed by atoms with van der Waals surface area (Å²) in [7, 11) is 0. The lowest BCUT2D eigenvalue weighted by Gasteiger charge is -2.27. The van der Waals surface area contributed by atoms with Crippen molar-refractivity contribution in [2.75, 3.05) is 13.1 Å². The zero-order chi connectivity index (χ0) is 9.80. The van der Waals surface area contributed by atoms with E-state index in [0.29, 0.717) is 6.04 Å². The predicted octanol–water partition coefficient (Wildman–Crippen LogP) is 2.14. The first kappa shape index (κ1) is 9.81. The third-order valence-electron chi connectivity index (χ3n) is 3.24. The van der Waals surface area contributed by atoms with E-state index in [1.165, 1.54) is 19.3 Å². The van der Waals surface area contributed by atoms with E-state index < -0.39 is 0 Å². The average molecular weight is 195 g/mol. The fraction of sp³-hybridized carbons (Fsp3) is 0.909. The van der Waals surface area contributed by atoms with Crippen LogP contribution in [0.15, 0.2) is 0 Å². The molecule has 3 heteroatoms. The molecule has 0 aromatic rings. The molecule has 3 nitrogen and oxygen atoms in total. The number of carbonyl (C=O) groups is 1. The summed E-state index contributed by atoms with van der Waals surface area (Å²) in [4.78, 5) is 13.6. The van der Waals surface area contributed by atoms with E-state index in [9.17, 15) is 4.79 Å². The summed E-state index contributed by atoms with van der Waals surface area (Å²) < 4.78 is 0. The normalized spacial score (nSPS) is 23.9. The Morgan fingerprint density at radius 1 is 1.00 bits per heavy atom. The minimum absolute atomic E-state index is 0.0524. The van der Waals surface area contributed by atoms with Crippen molar-refractivity contribution < 1.29 is 4.79 Å². The highest BCUT2D eigenvalue weighted by molar-refractivity contribution is 5.74. The average Bonchev–Trinajstić information content (AvgIpc) is 2.38. The number of hydrogen-bond acceptors (Lipinski definition) is 1. The fourth-order valence-corrected chi connectivity index (χ4v) is 2.02. The van der Waals surface area contributed by atoms with Gasteiger partial charge >= 0.3 is 6.03 Å². The maximum atomic E-state index is 11.7. The van der Waals surface area contributed by atoms with Crippen LogP contribution in [-0.4, -0.2) is 30.1 Å². The number of likely N-dealkylation sites (tertiary alicyclic amines) is 1. The van der Waals surface area contributed by atoms with Gasteiger partial charge in [0.15, 0.2) is 0 Å². The van der Waals surface area contributed by atoms with Gasteiger partial charge in [-0.25, -0.2) is 10.1 Å². The summed E-state index contributed by atoms with van der Waals surface area (Å²) in [6.07, 6.45) is 8.36. The van der Waals surface area contributed by atoms with Crippen LogP contribution in [0.3, 0.4) is 0 Å². The highest BCUT2D eigenvalue weighted by atomic mass is 16.2. The van der Waals surface area contributed by atoms with Gasteiger partial charge in [-0.1, -0.05) is 12.8 Å². The van der Waals surface area contributed by atoms with Gasteiger partial charge in [-0.15, -0.1) is 0 Å². The van der Waals surface area contributed by atoms with Gasteiger partial charge in [0.05, 0.1) is 6.04 Å². The van der Waals surface area contributed by atoms with E-state index in [0.717, 1.165) is 38.8 Å². The molecule has 0 bridgehead atoms. The minimum atomic E-state index is 0.0524. The van der Waals surface area contributed by atoms with Gasteiger partial charge in [-0.3, -0.25) is 0 Å². The molecule has 2 aliphatic rings. The zero-order valence-corrected chi connectivity index (χ0v) is 8.74. The second-order valence-electron chi connectivity index (χ2n) is 4.40. The second kappa shape index (κ2) is 4.67. The topological polar surface area (TPSA) is 34.4 Å². The maximum absolute atomic E-state index is 11.7. The largest absolute Gasteiger partial charge is 0.339 e. The van der Waals surface area contributed by atoms with Crippen LogP contribution < -0.4 is 5.32 Å². The van der Waals surface area contributed by atoms with Gasteiger partial charge < -0.3 is 4.90 Å². The first-order valence-corrected chi connectivity index (χ1v) is 5.86. The van der Waals surface area contributed by atoms with Gasteiger partial charge in [-0.2, -0.15) is 0 Å². The van der Waals surface area contributed by atoms with Gasteiger partial charge in [0.25, 0.3) is 0 Å². The van der Waals surface area contributed by atoms with Crippen molar-refractivity contribution in [2.24, 2.45) is 0 Å². The van der Waals surface area contributed by atoms with E-state index in [1.807, 2.05) is 4.90 Å². The molecule has 79 valence electrons. The second-order valence-corrected chi connectivity index (χ2v) is 4.40. The molecule has 0 spiro atoms. The third-order valence-corrected chi connectivity index (χ3v) is 3.24. The highest BCUT2D eigenvalue weighted by Crippen LogP contribution is 2.20. The van der Waals surface area contributed by atoms with E-state index in [1.54, 1.807) is 0 Å². The number of rotatable bonds is 1. The van der Waals surface area contributed by atoms with Crippen molar-refractivity contribution in [1.82, 2.24) is 10.2 Å². The Balaban J connectivity index is 1.76. The minimum Gasteiger partial charge on any atom is -0.323 e. The van der Waals surface area contributed by atoms with Crippen molar-refractivity contribution in [3.05, 3.63) is 0 Å². The molecule has 2 rings (SSSR count). The number of carbonyl (C=O) groups excluding carboxylic acids is 1. The van der Waals surface area contributed by atoms with Crippen LogP contribution in [0, 0.1) is 0 Å². The Morgan fingerprint density at radius 2 is 1.64 bits per heavy atom. The monoisotopic (exact) mass is 195 g/mol. The molecule has 1 saturated carbocycles. The fourth-order valence-electron chi connectivity index (χ4n) is 2.02. The van der Waals surface area contributed by atoms with E-state index in [4.69, 9.17) is 0 Å². The molecule has 0 unspecified atom stereocenters. The standard InChI is InChI=1S/C11H19N2O/c14-11(12-10-6-5-7-10)13-8-3-1-2-4-9-13/h10H,1-9H2. The molecule has 0 aromatic heterocycles. The first-order valence-electron chi connectivity index (χ1n) is 5.86. The summed E-state index contributed by atoms with van der Waals surface area (Å²) in [5, 5.41) is 4.23. The molecule has 0 atom stereocenters. The van der Waals surface area contributed by atoms with Crippen molar-refractivity contribution in [3.8, 4) is 0 Å². The highest BCUT2D eigenvalue weighted by Gasteiger charge is 2.24. The molecule has 0 aromatic carbocycles.